The number of aromatic amines is 1. The van der Waals surface area contributed by atoms with Crippen molar-refractivity contribution in [3.63, 3.8) is 0 Å². The number of piperidine rings is 1. The fourth-order valence-electron chi connectivity index (χ4n) is 4.12. The second-order valence-corrected chi connectivity index (χ2v) is 7.51. The number of aliphatic carboxylic acids is 1. The zero-order valence-corrected chi connectivity index (χ0v) is 15.5. The van der Waals surface area contributed by atoms with Crippen LogP contribution in [0.1, 0.15) is 24.4 Å². The van der Waals surface area contributed by atoms with Crippen LogP contribution in [0, 0.1) is 17.7 Å². The summed E-state index contributed by atoms with van der Waals surface area (Å²) in [4.78, 5) is 25.8. The van der Waals surface area contributed by atoms with Crippen molar-refractivity contribution in [3.05, 3.63) is 59.9 Å². The molecule has 0 amide bonds. The summed E-state index contributed by atoms with van der Waals surface area (Å²) < 4.78 is 13.4. The van der Waals surface area contributed by atoms with Crippen LogP contribution in [0.25, 0.3) is 11.0 Å². The highest BCUT2D eigenvalue weighted by Crippen LogP contribution is 2.30. The fraction of sp³-hybridized carbons (Fsp3) is 0.381. The van der Waals surface area contributed by atoms with Crippen LogP contribution in [0.4, 0.5) is 4.39 Å². The molecule has 2 unspecified atom stereocenters. The maximum Gasteiger partial charge on any atom is 0.303 e. The molecule has 1 saturated heterocycles. The largest absolute Gasteiger partial charge is 0.481 e. The van der Waals surface area contributed by atoms with Gasteiger partial charge in [-0.2, -0.15) is 0 Å². The normalized spacial score (nSPS) is 20.5. The van der Waals surface area contributed by atoms with Gasteiger partial charge in [0.05, 0.1) is 16.7 Å². The van der Waals surface area contributed by atoms with Crippen LogP contribution in [0.2, 0.25) is 0 Å². The summed E-state index contributed by atoms with van der Waals surface area (Å²) in [6.07, 6.45) is 3.43. The molecular formula is C21H23FN4O2. The van der Waals surface area contributed by atoms with E-state index in [0.717, 1.165) is 43.1 Å². The van der Waals surface area contributed by atoms with Gasteiger partial charge in [-0.3, -0.25) is 14.7 Å². The lowest BCUT2D eigenvalue weighted by atomic mass is 9.81. The second-order valence-electron chi connectivity index (χ2n) is 7.51. The predicted molar refractivity (Wildman–Crippen MR) is 103 cm³/mol. The Morgan fingerprint density at radius 3 is 2.96 bits per heavy atom. The van der Waals surface area contributed by atoms with Gasteiger partial charge in [0.15, 0.2) is 0 Å². The van der Waals surface area contributed by atoms with Gasteiger partial charge in [-0.25, -0.2) is 9.37 Å². The first kappa shape index (κ1) is 18.6. The van der Waals surface area contributed by atoms with Crippen LogP contribution >= 0.6 is 0 Å². The summed E-state index contributed by atoms with van der Waals surface area (Å²) >= 11 is 0. The second kappa shape index (κ2) is 8.06. The Kier molecular flexibility index (Phi) is 5.34. The molecule has 4 rings (SSSR count). The number of nitrogens with one attached hydrogen (secondary N) is 1. The highest BCUT2D eigenvalue weighted by atomic mass is 19.1. The van der Waals surface area contributed by atoms with E-state index in [-0.39, 0.29) is 24.1 Å². The summed E-state index contributed by atoms with van der Waals surface area (Å²) in [5, 5.41) is 9.31. The molecule has 1 fully saturated rings. The maximum absolute atomic E-state index is 13.4. The van der Waals surface area contributed by atoms with E-state index in [1.54, 1.807) is 12.3 Å². The Bertz CT molecular complexity index is 959. The van der Waals surface area contributed by atoms with Gasteiger partial charge in [-0.15, -0.1) is 0 Å². The Morgan fingerprint density at radius 1 is 1.29 bits per heavy atom. The average Bonchev–Trinajstić information content (AvgIpc) is 3.06. The maximum atomic E-state index is 13.4. The van der Waals surface area contributed by atoms with Gasteiger partial charge in [0.2, 0.25) is 0 Å². The number of hydrogen-bond acceptors (Lipinski definition) is 4. The third kappa shape index (κ3) is 4.36. The van der Waals surface area contributed by atoms with Crippen LogP contribution in [0.3, 0.4) is 0 Å². The SMILES string of the molecule is O=C(O)CC1CCN(Cc2ccccn2)CC1Cc1nc2ccc(F)cc2[nH]1. The van der Waals surface area contributed by atoms with Crippen LogP contribution < -0.4 is 0 Å². The number of carbonyl (C=O) groups is 1. The molecule has 0 bridgehead atoms. The third-order valence-electron chi connectivity index (χ3n) is 5.47. The van der Waals surface area contributed by atoms with E-state index in [4.69, 9.17) is 0 Å². The molecule has 1 aliphatic rings. The van der Waals surface area contributed by atoms with Crippen LogP contribution in [0.15, 0.2) is 42.6 Å². The summed E-state index contributed by atoms with van der Waals surface area (Å²) in [6, 6.07) is 10.4. The molecule has 2 aromatic heterocycles. The van der Waals surface area contributed by atoms with E-state index in [2.05, 4.69) is 19.9 Å². The van der Waals surface area contributed by atoms with E-state index in [9.17, 15) is 14.3 Å². The molecule has 6 nitrogen and oxygen atoms in total. The zero-order chi connectivity index (χ0) is 19.5. The highest BCUT2D eigenvalue weighted by molar-refractivity contribution is 5.74. The molecule has 28 heavy (non-hydrogen) atoms. The predicted octanol–water partition coefficient (Wildman–Crippen LogP) is 3.25. The Labute approximate surface area is 162 Å². The van der Waals surface area contributed by atoms with Gasteiger partial charge in [-0.1, -0.05) is 6.07 Å². The van der Waals surface area contributed by atoms with E-state index in [1.807, 2.05) is 18.2 Å². The Hall–Kier alpha value is -2.80. The number of rotatable bonds is 6. The van der Waals surface area contributed by atoms with Gasteiger partial charge >= 0.3 is 5.97 Å². The highest BCUT2D eigenvalue weighted by Gasteiger charge is 2.31. The molecule has 2 N–H and O–H groups in total. The first-order valence-corrected chi connectivity index (χ1v) is 9.55. The minimum atomic E-state index is -0.764. The monoisotopic (exact) mass is 382 g/mol. The number of H-pyrrole nitrogens is 1. The molecule has 0 spiro atoms. The number of carboxylic acid groups (broad SMARTS) is 1. The molecule has 2 atom stereocenters. The lowest BCUT2D eigenvalue weighted by Crippen LogP contribution is -2.41. The minimum absolute atomic E-state index is 0.0995. The van der Waals surface area contributed by atoms with Crippen molar-refractivity contribution in [3.8, 4) is 0 Å². The average molecular weight is 382 g/mol. The molecule has 0 saturated carbocycles. The van der Waals surface area contributed by atoms with Crippen molar-refractivity contribution in [2.24, 2.45) is 11.8 Å². The molecule has 0 radical (unpaired) electrons. The van der Waals surface area contributed by atoms with E-state index < -0.39 is 5.97 Å². The van der Waals surface area contributed by atoms with Gasteiger partial charge < -0.3 is 10.1 Å². The topological polar surface area (TPSA) is 82.1 Å². The zero-order valence-electron chi connectivity index (χ0n) is 15.5. The number of imidazole rings is 1. The molecular weight excluding hydrogens is 359 g/mol. The van der Waals surface area contributed by atoms with Gasteiger partial charge in [0.25, 0.3) is 0 Å². The Morgan fingerprint density at radius 2 is 2.18 bits per heavy atom. The lowest BCUT2D eigenvalue weighted by molar-refractivity contribution is -0.139. The van der Waals surface area contributed by atoms with Crippen LogP contribution in [-0.4, -0.2) is 44.0 Å². The first-order valence-electron chi connectivity index (χ1n) is 9.55. The molecule has 146 valence electrons. The van der Waals surface area contributed by atoms with Crippen molar-refractivity contribution in [2.75, 3.05) is 13.1 Å². The Balaban J connectivity index is 1.51. The van der Waals surface area contributed by atoms with Crippen molar-refractivity contribution >= 4 is 17.0 Å². The number of halogens is 1. The smallest absolute Gasteiger partial charge is 0.303 e. The number of hydrogen-bond donors (Lipinski definition) is 2. The van der Waals surface area contributed by atoms with Gasteiger partial charge in [0, 0.05) is 32.1 Å². The first-order chi connectivity index (χ1) is 13.6. The third-order valence-corrected chi connectivity index (χ3v) is 5.47. The summed E-state index contributed by atoms with van der Waals surface area (Å²) in [5.74, 6) is -0.0208. The number of carboxylic acids is 1. The summed E-state index contributed by atoms with van der Waals surface area (Å²) in [7, 11) is 0. The van der Waals surface area contributed by atoms with E-state index in [1.165, 1.54) is 12.1 Å². The van der Waals surface area contributed by atoms with E-state index in [0.29, 0.717) is 11.9 Å². The minimum Gasteiger partial charge on any atom is -0.481 e. The number of likely N-dealkylation sites (tertiary alicyclic amines) is 1. The number of benzene rings is 1. The molecule has 1 aromatic carbocycles. The fourth-order valence-corrected chi connectivity index (χ4v) is 4.12. The molecule has 1 aliphatic heterocycles. The van der Waals surface area contributed by atoms with Crippen molar-refractivity contribution in [2.45, 2.75) is 25.8 Å². The van der Waals surface area contributed by atoms with Crippen LogP contribution in [0.5, 0.6) is 0 Å². The molecule has 7 heteroatoms. The molecule has 0 aliphatic carbocycles. The number of aromatic nitrogens is 3. The van der Waals surface area contributed by atoms with Gasteiger partial charge in [0.1, 0.15) is 11.6 Å². The number of nitrogens with zero attached hydrogens (tertiary/aromatic N) is 3. The standard InChI is InChI=1S/C21H23FN4O2/c22-16-4-5-18-19(11-16)25-20(24-18)9-15-12-26(8-6-14(15)10-21(27)28)13-17-3-1-2-7-23-17/h1-5,7,11,14-15H,6,8-10,12-13H2,(H,24,25)(H,27,28). The lowest BCUT2D eigenvalue weighted by Gasteiger charge is -2.37. The van der Waals surface area contributed by atoms with Crippen molar-refractivity contribution in [1.29, 1.82) is 0 Å². The van der Waals surface area contributed by atoms with Crippen molar-refractivity contribution < 1.29 is 14.3 Å². The molecule has 3 aromatic rings. The summed E-state index contributed by atoms with van der Waals surface area (Å²) in [6.45, 7) is 2.40. The quantitative estimate of drug-likeness (QED) is 0.684. The van der Waals surface area contributed by atoms with Gasteiger partial charge in [-0.05, 0) is 55.1 Å². The number of pyridine rings is 1. The van der Waals surface area contributed by atoms with E-state index >= 15 is 0 Å². The van der Waals surface area contributed by atoms with Crippen molar-refractivity contribution in [1.82, 2.24) is 19.9 Å². The molecule has 3 heterocycles. The van der Waals surface area contributed by atoms with Crippen LogP contribution in [-0.2, 0) is 17.8 Å². The summed E-state index contributed by atoms with van der Waals surface area (Å²) in [5.41, 5.74) is 2.41. The number of fused-ring (bicyclic) bond motifs is 1.